The van der Waals surface area contributed by atoms with Crippen molar-refractivity contribution in [3.8, 4) is 11.8 Å². The summed E-state index contributed by atoms with van der Waals surface area (Å²) in [5.74, 6) is 0.676. The first-order valence-electron chi connectivity index (χ1n) is 4.43. The van der Waals surface area contributed by atoms with Gasteiger partial charge in [-0.05, 0) is 23.8 Å². The molecule has 0 amide bonds. The number of hydrogen-bond acceptors (Lipinski definition) is 4. The summed E-state index contributed by atoms with van der Waals surface area (Å²) >= 11 is 0. The van der Waals surface area contributed by atoms with E-state index in [9.17, 15) is 8.42 Å². The highest BCUT2D eigenvalue weighted by molar-refractivity contribution is 7.95. The third-order valence-electron chi connectivity index (χ3n) is 1.92. The van der Waals surface area contributed by atoms with Crippen LogP contribution < -0.4 is 4.74 Å². The number of allylic oxidation sites excluding steroid dienone is 1. The third kappa shape index (κ3) is 3.11. The summed E-state index contributed by atoms with van der Waals surface area (Å²) in [7, 11) is -1.92. The molecule has 0 unspecified atom stereocenters. The fourth-order valence-electron chi connectivity index (χ4n) is 1.07. The van der Waals surface area contributed by atoms with Gasteiger partial charge < -0.3 is 4.74 Å². The lowest BCUT2D eigenvalue weighted by Crippen LogP contribution is -1.98. The van der Waals surface area contributed by atoms with Crippen molar-refractivity contribution in [1.29, 1.82) is 5.26 Å². The van der Waals surface area contributed by atoms with Gasteiger partial charge in [0.25, 0.3) is 0 Å². The van der Waals surface area contributed by atoms with E-state index in [0.29, 0.717) is 11.3 Å². The molecule has 5 heteroatoms. The van der Waals surface area contributed by atoms with Gasteiger partial charge in [0.2, 0.25) is 0 Å². The summed E-state index contributed by atoms with van der Waals surface area (Å²) in [6.45, 7) is 0. The SMILES string of the molecule is COc1ccc(/C=C(/C#N)S(C)(=O)=O)cc1. The van der Waals surface area contributed by atoms with Gasteiger partial charge in [0, 0.05) is 6.26 Å². The van der Waals surface area contributed by atoms with Crippen molar-refractivity contribution in [2.24, 2.45) is 0 Å². The van der Waals surface area contributed by atoms with Gasteiger partial charge in [-0.25, -0.2) is 8.42 Å². The van der Waals surface area contributed by atoms with Crippen LogP contribution in [0, 0.1) is 11.3 Å². The number of ether oxygens (including phenoxy) is 1. The molecule has 0 atom stereocenters. The van der Waals surface area contributed by atoms with Crippen LogP contribution in [-0.4, -0.2) is 21.8 Å². The van der Waals surface area contributed by atoms with E-state index in [0.717, 1.165) is 6.26 Å². The molecule has 1 rings (SSSR count). The molecule has 0 N–H and O–H groups in total. The molecular formula is C11H11NO3S. The highest BCUT2D eigenvalue weighted by Crippen LogP contribution is 2.15. The fraction of sp³-hybridized carbons (Fsp3) is 0.182. The van der Waals surface area contributed by atoms with E-state index in [4.69, 9.17) is 10.00 Å². The molecule has 0 saturated heterocycles. The van der Waals surface area contributed by atoms with Crippen molar-refractivity contribution in [1.82, 2.24) is 0 Å². The van der Waals surface area contributed by atoms with Crippen molar-refractivity contribution in [3.63, 3.8) is 0 Å². The van der Waals surface area contributed by atoms with Crippen LogP contribution in [0.2, 0.25) is 0 Å². The molecule has 1 aromatic rings. The van der Waals surface area contributed by atoms with Crippen LogP contribution in [0.15, 0.2) is 29.2 Å². The Kier molecular flexibility index (Phi) is 3.69. The minimum Gasteiger partial charge on any atom is -0.497 e. The fourth-order valence-corrected chi connectivity index (χ4v) is 1.59. The molecular weight excluding hydrogens is 226 g/mol. The zero-order valence-corrected chi connectivity index (χ0v) is 9.78. The van der Waals surface area contributed by atoms with E-state index < -0.39 is 9.84 Å². The number of nitrogens with zero attached hydrogens (tertiary/aromatic N) is 1. The van der Waals surface area contributed by atoms with Crippen molar-refractivity contribution >= 4 is 15.9 Å². The van der Waals surface area contributed by atoms with Crippen molar-refractivity contribution in [2.45, 2.75) is 0 Å². The second kappa shape index (κ2) is 4.81. The van der Waals surface area contributed by atoms with Gasteiger partial charge in [0.05, 0.1) is 7.11 Å². The molecule has 1 aromatic carbocycles. The van der Waals surface area contributed by atoms with E-state index in [-0.39, 0.29) is 4.91 Å². The van der Waals surface area contributed by atoms with Crippen LogP contribution in [0.25, 0.3) is 6.08 Å². The zero-order chi connectivity index (χ0) is 12.2. The van der Waals surface area contributed by atoms with Crippen LogP contribution >= 0.6 is 0 Å². The van der Waals surface area contributed by atoms with Crippen LogP contribution in [0.5, 0.6) is 5.75 Å². The topological polar surface area (TPSA) is 67.2 Å². The first-order valence-corrected chi connectivity index (χ1v) is 6.32. The molecule has 0 bridgehead atoms. The van der Waals surface area contributed by atoms with E-state index in [1.54, 1.807) is 37.4 Å². The zero-order valence-electron chi connectivity index (χ0n) is 8.97. The number of sulfone groups is 1. The average molecular weight is 237 g/mol. The lowest BCUT2D eigenvalue weighted by atomic mass is 10.2. The quantitative estimate of drug-likeness (QED) is 0.749. The molecule has 0 spiro atoms. The summed E-state index contributed by atoms with van der Waals surface area (Å²) in [5.41, 5.74) is 0.641. The molecule has 84 valence electrons. The highest BCUT2D eigenvalue weighted by Gasteiger charge is 2.09. The summed E-state index contributed by atoms with van der Waals surface area (Å²) in [6.07, 6.45) is 2.33. The molecule has 0 radical (unpaired) electrons. The Morgan fingerprint density at radius 2 is 1.94 bits per heavy atom. The Labute approximate surface area is 94.7 Å². The molecule has 0 aliphatic rings. The first kappa shape index (κ1) is 12.3. The monoisotopic (exact) mass is 237 g/mol. The molecule has 0 heterocycles. The lowest BCUT2D eigenvalue weighted by molar-refractivity contribution is 0.415. The van der Waals surface area contributed by atoms with Gasteiger partial charge in [-0.15, -0.1) is 0 Å². The van der Waals surface area contributed by atoms with E-state index in [1.807, 2.05) is 0 Å². The molecule has 0 saturated carbocycles. The summed E-state index contributed by atoms with van der Waals surface area (Å²) < 4.78 is 27.3. The van der Waals surface area contributed by atoms with Gasteiger partial charge in [0.1, 0.15) is 16.7 Å². The Morgan fingerprint density at radius 3 is 2.31 bits per heavy atom. The second-order valence-corrected chi connectivity index (χ2v) is 5.15. The van der Waals surface area contributed by atoms with Gasteiger partial charge in [0.15, 0.2) is 9.84 Å². The van der Waals surface area contributed by atoms with E-state index in [1.165, 1.54) is 6.08 Å². The Morgan fingerprint density at radius 1 is 1.38 bits per heavy atom. The molecule has 0 fully saturated rings. The van der Waals surface area contributed by atoms with Gasteiger partial charge in [-0.3, -0.25) is 0 Å². The van der Waals surface area contributed by atoms with Crippen LogP contribution in [-0.2, 0) is 9.84 Å². The summed E-state index contributed by atoms with van der Waals surface area (Å²) in [6, 6.07) is 8.42. The molecule has 0 aliphatic carbocycles. The number of methoxy groups -OCH3 is 1. The molecule has 4 nitrogen and oxygen atoms in total. The lowest BCUT2D eigenvalue weighted by Gasteiger charge is -2.00. The average Bonchev–Trinajstić information content (AvgIpc) is 2.25. The maximum atomic E-state index is 11.2. The Bertz CT molecular complexity index is 536. The van der Waals surface area contributed by atoms with Gasteiger partial charge >= 0.3 is 0 Å². The van der Waals surface area contributed by atoms with Crippen LogP contribution in [0.4, 0.5) is 0 Å². The number of nitriles is 1. The molecule has 0 aromatic heterocycles. The van der Waals surface area contributed by atoms with E-state index >= 15 is 0 Å². The summed E-state index contributed by atoms with van der Waals surface area (Å²) in [5, 5.41) is 8.70. The molecule has 0 aliphatic heterocycles. The highest BCUT2D eigenvalue weighted by atomic mass is 32.2. The smallest absolute Gasteiger partial charge is 0.185 e. The number of benzene rings is 1. The standard InChI is InChI=1S/C11H11NO3S/c1-15-10-5-3-9(4-6-10)7-11(8-12)16(2,13)14/h3-7H,1-2H3/b11-7-. The number of rotatable bonds is 3. The number of hydrogen-bond donors (Lipinski definition) is 0. The van der Waals surface area contributed by atoms with Gasteiger partial charge in [-0.2, -0.15) is 5.26 Å². The minimum absolute atomic E-state index is 0.252. The van der Waals surface area contributed by atoms with Crippen LogP contribution in [0.1, 0.15) is 5.56 Å². The maximum absolute atomic E-state index is 11.2. The Hall–Kier alpha value is -1.80. The van der Waals surface area contributed by atoms with Crippen molar-refractivity contribution in [3.05, 3.63) is 34.7 Å². The Balaban J connectivity index is 3.12. The predicted octanol–water partition coefficient (Wildman–Crippen LogP) is 1.60. The minimum atomic E-state index is -3.46. The summed E-state index contributed by atoms with van der Waals surface area (Å²) in [4.78, 5) is -0.252. The van der Waals surface area contributed by atoms with Gasteiger partial charge in [-0.1, -0.05) is 12.1 Å². The normalized spacial score (nSPS) is 11.9. The third-order valence-corrected chi connectivity index (χ3v) is 2.93. The largest absolute Gasteiger partial charge is 0.497 e. The first-order chi connectivity index (χ1) is 7.47. The van der Waals surface area contributed by atoms with Crippen molar-refractivity contribution in [2.75, 3.05) is 13.4 Å². The van der Waals surface area contributed by atoms with Crippen molar-refractivity contribution < 1.29 is 13.2 Å². The van der Waals surface area contributed by atoms with Crippen LogP contribution in [0.3, 0.4) is 0 Å². The van der Waals surface area contributed by atoms with E-state index in [2.05, 4.69) is 0 Å². The maximum Gasteiger partial charge on any atom is 0.185 e. The predicted molar refractivity (Wildman–Crippen MR) is 61.4 cm³/mol. The molecule has 16 heavy (non-hydrogen) atoms. The second-order valence-electron chi connectivity index (χ2n) is 3.17.